The second kappa shape index (κ2) is 8.43. The highest BCUT2D eigenvalue weighted by Gasteiger charge is 2.49. The van der Waals surface area contributed by atoms with E-state index in [9.17, 15) is 14.4 Å². The molecule has 0 aliphatic carbocycles. The second-order valence-electron chi connectivity index (χ2n) is 7.29. The van der Waals surface area contributed by atoms with E-state index in [2.05, 4.69) is 10.6 Å². The Balaban J connectivity index is 1.57. The van der Waals surface area contributed by atoms with Crippen molar-refractivity contribution in [3.8, 4) is 11.5 Å². The normalized spacial score (nSPS) is 19.8. The molecular weight excluding hydrogens is 436 g/mol. The minimum atomic E-state index is -0.798. The molecule has 2 heterocycles. The number of carbonyl (C=O) groups excluding carboxylic acids is 3. The molecule has 166 valence electrons. The minimum Gasteiger partial charge on any atom is -0.497 e. The van der Waals surface area contributed by atoms with Crippen LogP contribution in [-0.2, 0) is 9.59 Å². The van der Waals surface area contributed by atoms with Crippen molar-refractivity contribution in [1.82, 2.24) is 10.2 Å². The first-order chi connectivity index (χ1) is 15.3. The average Bonchev–Trinajstić information content (AvgIpc) is 3.11. The Morgan fingerprint density at radius 1 is 1.09 bits per heavy atom. The van der Waals surface area contributed by atoms with E-state index in [-0.39, 0.29) is 5.57 Å². The van der Waals surface area contributed by atoms with Crippen LogP contribution in [0.15, 0.2) is 54.2 Å². The molecule has 0 aromatic heterocycles. The van der Waals surface area contributed by atoms with Crippen molar-refractivity contribution < 1.29 is 23.9 Å². The summed E-state index contributed by atoms with van der Waals surface area (Å²) in [4.78, 5) is 41.7. The molecule has 32 heavy (non-hydrogen) atoms. The SMILES string of the molecule is COc1ccc(NC(=O)C2=CN(C)C3C(=O)N(c4ccc(Cl)cc4)C(=O)NC23)c(OC)c1. The number of urea groups is 1. The molecule has 2 aliphatic heterocycles. The highest BCUT2D eigenvalue weighted by molar-refractivity contribution is 6.30. The Kier molecular flexibility index (Phi) is 5.67. The molecule has 9 nitrogen and oxygen atoms in total. The summed E-state index contributed by atoms with van der Waals surface area (Å²) in [6, 6.07) is 9.18. The van der Waals surface area contributed by atoms with E-state index >= 15 is 0 Å². The number of nitrogens with one attached hydrogen (secondary N) is 2. The molecule has 1 fully saturated rings. The molecule has 2 aromatic rings. The van der Waals surface area contributed by atoms with Crippen LogP contribution in [0.25, 0.3) is 0 Å². The zero-order valence-corrected chi connectivity index (χ0v) is 18.3. The van der Waals surface area contributed by atoms with Crippen LogP contribution in [0.5, 0.6) is 11.5 Å². The summed E-state index contributed by atoms with van der Waals surface area (Å²) in [5, 5.41) is 6.05. The highest BCUT2D eigenvalue weighted by Crippen LogP contribution is 2.33. The molecule has 0 radical (unpaired) electrons. The number of benzene rings is 2. The Morgan fingerprint density at radius 2 is 1.81 bits per heavy atom. The maximum absolute atomic E-state index is 13.2. The largest absolute Gasteiger partial charge is 0.497 e. The zero-order chi connectivity index (χ0) is 23.0. The topological polar surface area (TPSA) is 100 Å². The number of likely N-dealkylation sites (N-methyl/N-ethyl adjacent to an activating group) is 1. The molecular formula is C22H21ClN4O5. The molecule has 2 aromatic carbocycles. The van der Waals surface area contributed by atoms with Crippen molar-refractivity contribution in [2.24, 2.45) is 0 Å². The van der Waals surface area contributed by atoms with Gasteiger partial charge in [0.1, 0.15) is 17.5 Å². The maximum Gasteiger partial charge on any atom is 0.329 e. The van der Waals surface area contributed by atoms with Gasteiger partial charge in [-0.05, 0) is 36.4 Å². The summed E-state index contributed by atoms with van der Waals surface area (Å²) in [6.07, 6.45) is 1.56. The first kappa shape index (κ1) is 21.5. The number of ether oxygens (including phenoxy) is 2. The first-order valence-corrected chi connectivity index (χ1v) is 10.1. The molecule has 0 bridgehead atoms. The fourth-order valence-corrected chi connectivity index (χ4v) is 3.95. The van der Waals surface area contributed by atoms with Gasteiger partial charge in [-0.15, -0.1) is 0 Å². The lowest BCUT2D eigenvalue weighted by molar-refractivity contribution is -0.122. The molecule has 2 aliphatic rings. The number of methoxy groups -OCH3 is 2. The minimum absolute atomic E-state index is 0.257. The molecule has 4 amide bonds. The van der Waals surface area contributed by atoms with Gasteiger partial charge >= 0.3 is 6.03 Å². The van der Waals surface area contributed by atoms with E-state index in [1.165, 1.54) is 14.2 Å². The predicted octanol–water partition coefficient (Wildman–Crippen LogP) is 2.62. The summed E-state index contributed by atoms with van der Waals surface area (Å²) >= 11 is 5.91. The van der Waals surface area contributed by atoms with Crippen LogP contribution >= 0.6 is 11.6 Å². The number of halogens is 1. The fourth-order valence-electron chi connectivity index (χ4n) is 3.82. The van der Waals surface area contributed by atoms with E-state index < -0.39 is 29.9 Å². The van der Waals surface area contributed by atoms with Gasteiger partial charge in [0.25, 0.3) is 11.8 Å². The summed E-state index contributed by atoms with van der Waals surface area (Å²) in [5.74, 6) is 0.0940. The number of hydrogen-bond donors (Lipinski definition) is 2. The Morgan fingerprint density at radius 3 is 2.47 bits per heavy atom. The molecule has 2 atom stereocenters. The molecule has 1 saturated heterocycles. The van der Waals surface area contributed by atoms with Crippen LogP contribution in [-0.4, -0.2) is 56.1 Å². The summed E-state index contributed by atoms with van der Waals surface area (Å²) in [7, 11) is 4.69. The van der Waals surface area contributed by atoms with Gasteiger partial charge < -0.3 is 25.0 Å². The zero-order valence-electron chi connectivity index (χ0n) is 17.6. The smallest absolute Gasteiger partial charge is 0.329 e. The number of fused-ring (bicyclic) bond motifs is 1. The van der Waals surface area contributed by atoms with Crippen LogP contribution in [0.4, 0.5) is 16.2 Å². The summed E-state index contributed by atoms with van der Waals surface area (Å²) in [6.45, 7) is 0. The van der Waals surface area contributed by atoms with Crippen molar-refractivity contribution in [2.45, 2.75) is 12.1 Å². The third-order valence-corrected chi connectivity index (χ3v) is 5.64. The monoisotopic (exact) mass is 456 g/mol. The number of anilines is 2. The maximum atomic E-state index is 13.2. The van der Waals surface area contributed by atoms with Crippen LogP contribution in [0, 0.1) is 0 Å². The average molecular weight is 457 g/mol. The number of nitrogens with zero attached hydrogens (tertiary/aromatic N) is 2. The molecule has 4 rings (SSSR count). The van der Waals surface area contributed by atoms with E-state index in [0.29, 0.717) is 27.9 Å². The molecule has 0 spiro atoms. The standard InChI is InChI=1S/C22H21ClN4O5/c1-26-11-15(20(28)24-16-9-8-14(31-2)10-17(16)32-3)18-19(26)21(29)27(22(30)25-18)13-6-4-12(23)5-7-13/h4-11,18-19H,1-3H3,(H,24,28)(H,25,30). The number of carbonyl (C=O) groups is 3. The Bertz CT molecular complexity index is 1120. The van der Waals surface area contributed by atoms with Gasteiger partial charge in [-0.3, -0.25) is 9.59 Å². The highest BCUT2D eigenvalue weighted by atomic mass is 35.5. The van der Waals surface area contributed by atoms with Crippen LogP contribution in [0.1, 0.15) is 0 Å². The van der Waals surface area contributed by atoms with Crippen LogP contribution in [0.2, 0.25) is 5.02 Å². The van der Waals surface area contributed by atoms with E-state index in [4.69, 9.17) is 21.1 Å². The van der Waals surface area contributed by atoms with Gasteiger partial charge in [-0.2, -0.15) is 0 Å². The van der Waals surface area contributed by atoms with Crippen molar-refractivity contribution in [3.05, 3.63) is 59.3 Å². The fraction of sp³-hybridized carbons (Fsp3) is 0.227. The van der Waals surface area contributed by atoms with Gasteiger partial charge in [0.05, 0.1) is 37.2 Å². The van der Waals surface area contributed by atoms with Crippen molar-refractivity contribution >= 4 is 40.8 Å². The van der Waals surface area contributed by atoms with Crippen molar-refractivity contribution in [1.29, 1.82) is 0 Å². The Labute approximate surface area is 189 Å². The molecule has 0 saturated carbocycles. The molecule has 2 unspecified atom stereocenters. The van der Waals surface area contributed by atoms with Gasteiger partial charge in [0.2, 0.25) is 0 Å². The predicted molar refractivity (Wildman–Crippen MR) is 119 cm³/mol. The molecule has 2 N–H and O–H groups in total. The lowest BCUT2D eigenvalue weighted by Crippen LogP contribution is -2.65. The number of hydrogen-bond acceptors (Lipinski definition) is 6. The third-order valence-electron chi connectivity index (χ3n) is 5.39. The van der Waals surface area contributed by atoms with Gasteiger partial charge in [0, 0.05) is 24.3 Å². The van der Waals surface area contributed by atoms with Gasteiger partial charge in [-0.25, -0.2) is 9.69 Å². The Hall–Kier alpha value is -3.72. The first-order valence-electron chi connectivity index (χ1n) is 9.71. The number of imide groups is 1. The lowest BCUT2D eigenvalue weighted by atomic mass is 9.99. The lowest BCUT2D eigenvalue weighted by Gasteiger charge is -2.37. The van der Waals surface area contributed by atoms with E-state index in [0.717, 1.165) is 4.90 Å². The van der Waals surface area contributed by atoms with Gasteiger partial charge in [0.15, 0.2) is 0 Å². The quantitative estimate of drug-likeness (QED) is 0.717. The van der Waals surface area contributed by atoms with Crippen molar-refractivity contribution in [3.63, 3.8) is 0 Å². The summed E-state index contributed by atoms with van der Waals surface area (Å²) < 4.78 is 10.5. The number of rotatable bonds is 5. The third kappa shape index (κ3) is 3.71. The van der Waals surface area contributed by atoms with Gasteiger partial charge in [-0.1, -0.05) is 11.6 Å². The molecule has 10 heteroatoms. The van der Waals surface area contributed by atoms with Crippen LogP contribution in [0.3, 0.4) is 0 Å². The van der Waals surface area contributed by atoms with Crippen molar-refractivity contribution in [2.75, 3.05) is 31.5 Å². The number of amides is 4. The van der Waals surface area contributed by atoms with Crippen LogP contribution < -0.4 is 25.0 Å². The van der Waals surface area contributed by atoms with E-state index in [1.54, 1.807) is 60.6 Å². The second-order valence-corrected chi connectivity index (χ2v) is 7.73. The summed E-state index contributed by atoms with van der Waals surface area (Å²) in [5.41, 5.74) is 1.08. The van der Waals surface area contributed by atoms with E-state index in [1.807, 2.05) is 0 Å².